The zero-order chi connectivity index (χ0) is 18.2. The highest BCUT2D eigenvalue weighted by Crippen LogP contribution is 2.50. The van der Waals surface area contributed by atoms with Crippen LogP contribution in [0.3, 0.4) is 0 Å². The molecule has 1 atom stereocenters. The molecule has 5 heteroatoms. The molecule has 130 valence electrons. The van der Waals surface area contributed by atoms with Crippen LogP contribution in [0.15, 0.2) is 54.4 Å². The fraction of sp³-hybridized carbons (Fsp3) is 0.300. The summed E-state index contributed by atoms with van der Waals surface area (Å²) in [5, 5.41) is 2.05. The smallest absolute Gasteiger partial charge is 0.254 e. The summed E-state index contributed by atoms with van der Waals surface area (Å²) in [5.74, 6) is -0.150. The Labute approximate surface area is 152 Å². The molecule has 3 rings (SSSR count). The summed E-state index contributed by atoms with van der Waals surface area (Å²) in [7, 11) is 1.69. The van der Waals surface area contributed by atoms with Crippen molar-refractivity contribution in [2.45, 2.75) is 19.9 Å². The van der Waals surface area contributed by atoms with Crippen molar-refractivity contribution in [1.82, 2.24) is 4.90 Å². The Balaban J connectivity index is 1.79. The summed E-state index contributed by atoms with van der Waals surface area (Å²) in [6.07, 6.45) is 1.27. The van der Waals surface area contributed by atoms with E-state index in [1.165, 1.54) is 15.9 Å². The molecule has 0 aliphatic carbocycles. The van der Waals surface area contributed by atoms with E-state index in [4.69, 9.17) is 0 Å². The molecule has 0 spiro atoms. The molecule has 1 fully saturated rings. The number of hydrogen-bond donors (Lipinski definition) is 0. The van der Waals surface area contributed by atoms with Crippen molar-refractivity contribution in [1.29, 1.82) is 0 Å². The normalized spacial score (nSPS) is 18.4. The Kier molecular flexibility index (Phi) is 4.52. The van der Waals surface area contributed by atoms with Gasteiger partial charge in [-0.15, -0.1) is 11.3 Å². The van der Waals surface area contributed by atoms with Gasteiger partial charge in [0.2, 0.25) is 5.91 Å². The van der Waals surface area contributed by atoms with E-state index in [1.807, 2.05) is 16.3 Å². The summed E-state index contributed by atoms with van der Waals surface area (Å²) in [4.78, 5) is 29.3. The summed E-state index contributed by atoms with van der Waals surface area (Å²) < 4.78 is 0. The summed E-state index contributed by atoms with van der Waals surface area (Å²) in [6.45, 7) is 8.62. The van der Waals surface area contributed by atoms with Gasteiger partial charge in [0, 0.05) is 35.1 Å². The number of nitrogens with zero attached hydrogens (tertiary/aromatic N) is 2. The van der Waals surface area contributed by atoms with Crippen LogP contribution in [0.1, 0.15) is 35.1 Å². The predicted molar refractivity (Wildman–Crippen MR) is 102 cm³/mol. The number of amides is 2. The largest absolute Gasteiger partial charge is 0.330 e. The summed E-state index contributed by atoms with van der Waals surface area (Å²) in [6, 6.07) is 11.4. The van der Waals surface area contributed by atoms with E-state index in [0.717, 1.165) is 12.2 Å². The first-order valence-corrected chi connectivity index (χ1v) is 9.07. The molecule has 1 aromatic heterocycles. The van der Waals surface area contributed by atoms with Crippen molar-refractivity contribution in [3.63, 3.8) is 0 Å². The van der Waals surface area contributed by atoms with Gasteiger partial charge in [0.15, 0.2) is 0 Å². The molecule has 2 amide bonds. The van der Waals surface area contributed by atoms with Crippen LogP contribution < -0.4 is 4.90 Å². The second-order valence-corrected chi connectivity index (χ2v) is 7.97. The van der Waals surface area contributed by atoms with Crippen LogP contribution in [0, 0.1) is 5.41 Å². The number of rotatable bonds is 4. The molecular formula is C20H22N2O2S. The molecule has 1 saturated heterocycles. The molecule has 2 heterocycles. The van der Waals surface area contributed by atoms with Gasteiger partial charge in [0.1, 0.15) is 0 Å². The van der Waals surface area contributed by atoms with Crippen molar-refractivity contribution in [3.05, 3.63) is 64.9 Å². The number of likely N-dealkylation sites (tertiary alicyclic amines) is 1. The van der Waals surface area contributed by atoms with Gasteiger partial charge < -0.3 is 9.80 Å². The second kappa shape index (κ2) is 6.48. The minimum absolute atomic E-state index is 0.0296. The number of hydrogen-bond acceptors (Lipinski definition) is 3. The average Bonchev–Trinajstić information content (AvgIpc) is 3.11. The lowest BCUT2D eigenvalue weighted by Gasteiger charge is -2.54. The fourth-order valence-electron chi connectivity index (χ4n) is 3.36. The Morgan fingerprint density at radius 1 is 1.28 bits per heavy atom. The van der Waals surface area contributed by atoms with E-state index < -0.39 is 0 Å². The molecule has 1 aliphatic rings. The van der Waals surface area contributed by atoms with Crippen molar-refractivity contribution >= 4 is 28.8 Å². The van der Waals surface area contributed by atoms with E-state index in [2.05, 4.69) is 26.5 Å². The van der Waals surface area contributed by atoms with Gasteiger partial charge in [0.05, 0.1) is 6.04 Å². The summed E-state index contributed by atoms with van der Waals surface area (Å²) >= 11 is 1.69. The second-order valence-electron chi connectivity index (χ2n) is 6.99. The number of carbonyl (C=O) groups is 2. The summed E-state index contributed by atoms with van der Waals surface area (Å²) in [5.41, 5.74) is 1.46. The SMILES string of the molecule is C=CC(=O)N(C)c1ccc(C(=O)N2CC(C)(C)C2c2cccs2)cc1. The third-order valence-electron chi connectivity index (χ3n) is 4.71. The average molecular weight is 354 g/mol. The zero-order valence-electron chi connectivity index (χ0n) is 14.7. The molecular weight excluding hydrogens is 332 g/mol. The maximum atomic E-state index is 12.9. The molecule has 4 nitrogen and oxygen atoms in total. The van der Waals surface area contributed by atoms with Gasteiger partial charge in [-0.2, -0.15) is 0 Å². The van der Waals surface area contributed by atoms with Gasteiger partial charge in [-0.05, 0) is 41.8 Å². The lowest BCUT2D eigenvalue weighted by atomic mass is 9.74. The highest BCUT2D eigenvalue weighted by Gasteiger charge is 2.49. The predicted octanol–water partition coefficient (Wildman–Crippen LogP) is 4.12. The number of benzene rings is 1. The first kappa shape index (κ1) is 17.4. The number of likely N-dealkylation sites (N-methyl/N-ethyl adjacent to an activating group) is 1. The minimum atomic E-state index is -0.179. The van der Waals surface area contributed by atoms with Crippen LogP contribution in [0.2, 0.25) is 0 Å². The Hall–Kier alpha value is -2.40. The van der Waals surface area contributed by atoms with Crippen molar-refractivity contribution in [2.24, 2.45) is 5.41 Å². The van der Waals surface area contributed by atoms with Gasteiger partial charge in [-0.1, -0.05) is 26.5 Å². The van der Waals surface area contributed by atoms with Gasteiger partial charge in [-0.25, -0.2) is 0 Å². The third-order valence-corrected chi connectivity index (χ3v) is 5.63. The fourth-order valence-corrected chi connectivity index (χ4v) is 4.41. The monoisotopic (exact) mass is 354 g/mol. The van der Waals surface area contributed by atoms with Crippen molar-refractivity contribution in [3.8, 4) is 0 Å². The quantitative estimate of drug-likeness (QED) is 0.775. The van der Waals surface area contributed by atoms with Crippen LogP contribution >= 0.6 is 11.3 Å². The first-order valence-electron chi connectivity index (χ1n) is 8.20. The van der Waals surface area contributed by atoms with Crippen LogP contribution in [0.25, 0.3) is 0 Å². The van der Waals surface area contributed by atoms with Gasteiger partial charge in [0.25, 0.3) is 5.91 Å². The molecule has 1 unspecified atom stereocenters. The molecule has 1 aliphatic heterocycles. The van der Waals surface area contributed by atoms with E-state index in [0.29, 0.717) is 5.56 Å². The lowest BCUT2D eigenvalue weighted by molar-refractivity contribution is -0.113. The van der Waals surface area contributed by atoms with E-state index in [-0.39, 0.29) is 23.3 Å². The Morgan fingerprint density at radius 2 is 1.96 bits per heavy atom. The topological polar surface area (TPSA) is 40.6 Å². The van der Waals surface area contributed by atoms with E-state index in [9.17, 15) is 9.59 Å². The molecule has 25 heavy (non-hydrogen) atoms. The molecule has 0 radical (unpaired) electrons. The lowest BCUT2D eigenvalue weighted by Crippen LogP contribution is -2.57. The van der Waals surface area contributed by atoms with Crippen LogP contribution in [-0.4, -0.2) is 30.3 Å². The maximum Gasteiger partial charge on any atom is 0.254 e. The molecule has 0 N–H and O–H groups in total. The standard InChI is InChI=1S/C20H22N2O2S/c1-5-17(23)21(4)15-10-8-14(9-11-15)19(24)22-13-20(2,3)18(22)16-7-6-12-25-16/h5-12,18H,1,13H2,2-4H3. The molecule has 1 aromatic carbocycles. The molecule has 0 saturated carbocycles. The van der Waals surface area contributed by atoms with E-state index in [1.54, 1.807) is 42.6 Å². The highest BCUT2D eigenvalue weighted by atomic mass is 32.1. The number of carbonyl (C=O) groups excluding carboxylic acids is 2. The molecule has 2 aromatic rings. The number of thiophene rings is 1. The van der Waals surface area contributed by atoms with Crippen LogP contribution in [0.5, 0.6) is 0 Å². The zero-order valence-corrected chi connectivity index (χ0v) is 15.5. The Bertz CT molecular complexity index is 794. The van der Waals surface area contributed by atoms with Crippen molar-refractivity contribution in [2.75, 3.05) is 18.5 Å². The van der Waals surface area contributed by atoms with Gasteiger partial charge >= 0.3 is 0 Å². The number of anilines is 1. The van der Waals surface area contributed by atoms with E-state index >= 15 is 0 Å². The minimum Gasteiger partial charge on any atom is -0.330 e. The maximum absolute atomic E-state index is 12.9. The Morgan fingerprint density at radius 3 is 2.48 bits per heavy atom. The van der Waals surface area contributed by atoms with Crippen LogP contribution in [-0.2, 0) is 4.79 Å². The third kappa shape index (κ3) is 3.12. The first-order chi connectivity index (χ1) is 11.8. The highest BCUT2D eigenvalue weighted by molar-refractivity contribution is 7.10. The van der Waals surface area contributed by atoms with Crippen molar-refractivity contribution < 1.29 is 9.59 Å². The van der Waals surface area contributed by atoms with Crippen LogP contribution in [0.4, 0.5) is 5.69 Å². The molecule has 0 bridgehead atoms. The van der Waals surface area contributed by atoms with Gasteiger partial charge in [-0.3, -0.25) is 9.59 Å².